The van der Waals surface area contributed by atoms with Gasteiger partial charge in [0, 0.05) is 29.1 Å². The number of aromatic nitrogens is 2. The predicted molar refractivity (Wildman–Crippen MR) is 108 cm³/mol. The summed E-state index contributed by atoms with van der Waals surface area (Å²) < 4.78 is 57.6. The van der Waals surface area contributed by atoms with Crippen molar-refractivity contribution in [2.75, 3.05) is 14.2 Å². The Morgan fingerprint density at radius 3 is 2.50 bits per heavy atom. The maximum absolute atomic E-state index is 13.1. The molecule has 2 heterocycles. The van der Waals surface area contributed by atoms with Crippen LogP contribution >= 0.6 is 11.3 Å². The topological polar surface area (TPSA) is 45.5 Å². The van der Waals surface area contributed by atoms with Crippen molar-refractivity contribution in [2.45, 2.75) is 12.8 Å². The van der Waals surface area contributed by atoms with Crippen molar-refractivity contribution in [3.05, 3.63) is 65.3 Å². The third kappa shape index (κ3) is 3.80. The van der Waals surface area contributed by atoms with Gasteiger partial charge in [0.1, 0.15) is 23.7 Å². The lowest BCUT2D eigenvalue weighted by atomic mass is 10.1. The van der Waals surface area contributed by atoms with E-state index in [0.717, 1.165) is 22.1 Å². The third-order valence-electron chi connectivity index (χ3n) is 4.57. The van der Waals surface area contributed by atoms with Crippen LogP contribution in [-0.4, -0.2) is 23.8 Å². The van der Waals surface area contributed by atoms with Crippen LogP contribution in [0.2, 0.25) is 0 Å². The zero-order valence-electron chi connectivity index (χ0n) is 16.1. The van der Waals surface area contributed by atoms with E-state index in [-0.39, 0.29) is 12.2 Å². The fraction of sp³-hybridized carbons (Fsp3) is 0.190. The molecule has 0 atom stereocenters. The lowest BCUT2D eigenvalue weighted by Crippen LogP contribution is -2.10. The maximum atomic E-state index is 13.1. The molecular weight excluding hydrogens is 417 g/mol. The minimum absolute atomic E-state index is 0.0858. The summed E-state index contributed by atoms with van der Waals surface area (Å²) in [5.74, 6) is 1.63. The number of fused-ring (bicyclic) bond motifs is 1. The highest BCUT2D eigenvalue weighted by atomic mass is 32.1. The van der Waals surface area contributed by atoms with Gasteiger partial charge in [-0.05, 0) is 6.07 Å². The summed E-state index contributed by atoms with van der Waals surface area (Å²) in [6, 6.07) is 10.8. The molecule has 0 N–H and O–H groups in total. The van der Waals surface area contributed by atoms with Crippen LogP contribution < -0.4 is 14.2 Å². The van der Waals surface area contributed by atoms with Gasteiger partial charge in [-0.2, -0.15) is 13.2 Å². The molecule has 2 aromatic heterocycles. The van der Waals surface area contributed by atoms with Gasteiger partial charge in [0.15, 0.2) is 11.5 Å². The molecule has 0 aliphatic heterocycles. The Kier molecular flexibility index (Phi) is 5.29. The van der Waals surface area contributed by atoms with E-state index in [1.54, 1.807) is 44.1 Å². The summed E-state index contributed by atoms with van der Waals surface area (Å²) in [6.45, 7) is -0.179. The Bertz CT molecular complexity index is 1180. The number of ether oxygens (including phenoxy) is 3. The Morgan fingerprint density at radius 1 is 1.03 bits per heavy atom. The van der Waals surface area contributed by atoms with E-state index in [4.69, 9.17) is 14.2 Å². The van der Waals surface area contributed by atoms with Crippen LogP contribution in [0.4, 0.5) is 13.2 Å². The van der Waals surface area contributed by atoms with Gasteiger partial charge in [-0.1, -0.05) is 18.2 Å². The fourth-order valence-electron chi connectivity index (χ4n) is 3.11. The highest BCUT2D eigenvalue weighted by Gasteiger charge is 2.33. The number of imidazole rings is 1. The summed E-state index contributed by atoms with van der Waals surface area (Å²) in [5.41, 5.74) is 0.927. The molecule has 2 aromatic carbocycles. The molecular formula is C21H17F3N2O3S. The number of rotatable bonds is 6. The normalized spacial score (nSPS) is 11.6. The second kappa shape index (κ2) is 7.91. The molecule has 0 saturated heterocycles. The van der Waals surface area contributed by atoms with E-state index in [9.17, 15) is 13.2 Å². The van der Waals surface area contributed by atoms with Crippen molar-refractivity contribution in [1.29, 1.82) is 0 Å². The molecule has 0 aliphatic rings. The molecule has 0 saturated carbocycles. The van der Waals surface area contributed by atoms with Crippen molar-refractivity contribution in [3.8, 4) is 22.2 Å². The van der Waals surface area contributed by atoms with Crippen LogP contribution in [0, 0.1) is 0 Å². The van der Waals surface area contributed by atoms with Gasteiger partial charge in [0.05, 0.1) is 30.8 Å². The maximum Gasteiger partial charge on any atom is 0.416 e. The Morgan fingerprint density at radius 2 is 1.77 bits per heavy atom. The molecule has 0 bridgehead atoms. The van der Waals surface area contributed by atoms with Crippen LogP contribution in [-0.2, 0) is 12.8 Å². The zero-order chi connectivity index (χ0) is 21.3. The van der Waals surface area contributed by atoms with Gasteiger partial charge < -0.3 is 14.2 Å². The first-order chi connectivity index (χ1) is 14.4. The van der Waals surface area contributed by atoms with Crippen LogP contribution in [0.25, 0.3) is 16.0 Å². The first-order valence-electron chi connectivity index (χ1n) is 8.86. The van der Waals surface area contributed by atoms with E-state index in [2.05, 4.69) is 4.98 Å². The van der Waals surface area contributed by atoms with Gasteiger partial charge in [-0.25, -0.2) is 4.98 Å². The number of methoxy groups -OCH3 is 2. The number of hydrogen-bond acceptors (Lipinski definition) is 5. The van der Waals surface area contributed by atoms with E-state index < -0.39 is 11.7 Å². The third-order valence-corrected chi connectivity index (χ3v) is 5.47. The molecule has 0 aliphatic carbocycles. The number of nitrogens with zero attached hydrogens (tertiary/aromatic N) is 2. The fourth-order valence-corrected chi connectivity index (χ4v) is 3.92. The summed E-state index contributed by atoms with van der Waals surface area (Å²) in [7, 11) is 3.11. The van der Waals surface area contributed by atoms with Crippen LogP contribution in [0.15, 0.2) is 54.2 Å². The van der Waals surface area contributed by atoms with Crippen molar-refractivity contribution in [2.24, 2.45) is 0 Å². The number of benzene rings is 2. The first kappa shape index (κ1) is 20.1. The monoisotopic (exact) mass is 434 g/mol. The summed E-state index contributed by atoms with van der Waals surface area (Å²) in [6.07, 6.45) is -2.76. The average molecular weight is 434 g/mol. The lowest BCUT2D eigenvalue weighted by Gasteiger charge is -2.12. The van der Waals surface area contributed by atoms with Crippen molar-refractivity contribution in [1.82, 2.24) is 9.55 Å². The Hall–Kier alpha value is -3.20. The van der Waals surface area contributed by atoms with Crippen LogP contribution in [0.1, 0.15) is 11.1 Å². The average Bonchev–Trinajstić information content (AvgIpc) is 3.37. The molecule has 30 heavy (non-hydrogen) atoms. The Labute approximate surface area is 174 Å². The number of hydrogen-bond donors (Lipinski definition) is 0. The standard InChI is InChI=1S/C21H17F3N2O3S/c1-27-18-8-16-17(9-19(18)28-2)26(12-25-16)20-7-14(11-30-20)29-10-13-5-3-4-6-15(13)21(22,23)24/h3-9,11-12H,10H2,1-2H3. The smallest absolute Gasteiger partial charge is 0.416 e. The van der Waals surface area contributed by atoms with E-state index >= 15 is 0 Å². The molecule has 156 valence electrons. The zero-order valence-corrected chi connectivity index (χ0v) is 16.9. The summed E-state index contributed by atoms with van der Waals surface area (Å²) >= 11 is 1.39. The molecule has 0 amide bonds. The van der Waals surface area contributed by atoms with Crippen molar-refractivity contribution in [3.63, 3.8) is 0 Å². The van der Waals surface area contributed by atoms with Gasteiger partial charge >= 0.3 is 6.18 Å². The number of halogens is 3. The molecule has 0 radical (unpaired) electrons. The SMILES string of the molecule is COc1cc2ncn(-c3cc(OCc4ccccc4C(F)(F)F)cs3)c2cc1OC. The molecule has 0 fully saturated rings. The minimum Gasteiger partial charge on any atom is -0.493 e. The van der Waals surface area contributed by atoms with Gasteiger partial charge in [0.25, 0.3) is 0 Å². The van der Waals surface area contributed by atoms with E-state index in [0.29, 0.717) is 17.2 Å². The highest BCUT2D eigenvalue weighted by molar-refractivity contribution is 7.12. The molecule has 5 nitrogen and oxygen atoms in total. The second-order valence-corrected chi connectivity index (χ2v) is 7.26. The van der Waals surface area contributed by atoms with Gasteiger partial charge in [-0.15, -0.1) is 11.3 Å². The summed E-state index contributed by atoms with van der Waals surface area (Å²) in [5, 5.41) is 2.56. The van der Waals surface area contributed by atoms with Crippen LogP contribution in [0.5, 0.6) is 17.2 Å². The van der Waals surface area contributed by atoms with Crippen molar-refractivity contribution < 1.29 is 27.4 Å². The summed E-state index contributed by atoms with van der Waals surface area (Å²) in [4.78, 5) is 4.39. The lowest BCUT2D eigenvalue weighted by molar-refractivity contribution is -0.138. The predicted octanol–water partition coefficient (Wildman–Crippen LogP) is 5.70. The van der Waals surface area contributed by atoms with Crippen molar-refractivity contribution >= 4 is 22.4 Å². The van der Waals surface area contributed by atoms with E-state index in [1.165, 1.54) is 23.5 Å². The number of alkyl halides is 3. The van der Waals surface area contributed by atoms with E-state index in [1.807, 2.05) is 10.6 Å². The number of thiophene rings is 1. The molecule has 9 heteroatoms. The highest BCUT2D eigenvalue weighted by Crippen LogP contribution is 2.35. The minimum atomic E-state index is -4.42. The quantitative estimate of drug-likeness (QED) is 0.390. The molecule has 4 aromatic rings. The molecule has 4 rings (SSSR count). The van der Waals surface area contributed by atoms with Gasteiger partial charge in [-0.3, -0.25) is 4.57 Å². The largest absolute Gasteiger partial charge is 0.493 e. The first-order valence-corrected chi connectivity index (χ1v) is 9.74. The molecule has 0 unspecified atom stereocenters. The van der Waals surface area contributed by atoms with Gasteiger partial charge in [0.2, 0.25) is 0 Å². The second-order valence-electron chi connectivity index (χ2n) is 6.37. The van der Waals surface area contributed by atoms with Crippen LogP contribution in [0.3, 0.4) is 0 Å². The Balaban J connectivity index is 1.59. The molecule has 0 spiro atoms.